The minimum Gasteiger partial charge on any atom is -0.378 e. The monoisotopic (exact) mass is 375 g/mol. The number of hydrogen-bond acceptors (Lipinski definition) is 5. The molecule has 144 valence electrons. The fourth-order valence-electron chi connectivity index (χ4n) is 2.79. The van der Waals surface area contributed by atoms with Crippen LogP contribution in [0, 0.1) is 0 Å². The van der Waals surface area contributed by atoms with Crippen molar-refractivity contribution in [3.05, 3.63) is 72.1 Å². The Morgan fingerprint density at radius 3 is 2.21 bits per heavy atom. The zero-order chi connectivity index (χ0) is 20.1. The van der Waals surface area contributed by atoms with Crippen LogP contribution in [-0.2, 0) is 0 Å². The topological polar surface area (TPSA) is 70.2 Å². The number of amides is 1. The third-order valence-electron chi connectivity index (χ3n) is 4.38. The van der Waals surface area contributed by atoms with Crippen LogP contribution in [0.3, 0.4) is 0 Å². The van der Waals surface area contributed by atoms with E-state index in [0.29, 0.717) is 17.4 Å². The second kappa shape index (κ2) is 8.52. The van der Waals surface area contributed by atoms with E-state index in [1.165, 1.54) is 12.4 Å². The molecule has 0 radical (unpaired) electrons. The molecule has 0 saturated heterocycles. The van der Waals surface area contributed by atoms with Crippen molar-refractivity contribution in [2.24, 2.45) is 0 Å². The maximum atomic E-state index is 12.5. The molecule has 0 fully saturated rings. The molecule has 6 nitrogen and oxygen atoms in total. The smallest absolute Gasteiger partial charge is 0.258 e. The van der Waals surface area contributed by atoms with Crippen molar-refractivity contribution < 1.29 is 4.79 Å². The van der Waals surface area contributed by atoms with Crippen LogP contribution in [0.25, 0.3) is 0 Å². The van der Waals surface area contributed by atoms with Gasteiger partial charge in [0.25, 0.3) is 5.91 Å². The second-order valence-electron chi connectivity index (χ2n) is 7.06. The number of benzene rings is 2. The number of hydrogen-bond donors (Lipinski definition) is 2. The SMILES string of the molecule is CC(C)c1ccccc1NC(=O)c1cnc(Nc2ccc(N(C)C)cc2)nc1. The van der Waals surface area contributed by atoms with Gasteiger partial charge >= 0.3 is 0 Å². The third kappa shape index (κ3) is 4.65. The van der Waals surface area contributed by atoms with Gasteiger partial charge in [0, 0.05) is 43.6 Å². The Morgan fingerprint density at radius 2 is 1.61 bits per heavy atom. The molecular formula is C22H25N5O. The lowest BCUT2D eigenvalue weighted by molar-refractivity contribution is 0.102. The maximum Gasteiger partial charge on any atom is 0.258 e. The summed E-state index contributed by atoms with van der Waals surface area (Å²) >= 11 is 0. The minimum absolute atomic E-state index is 0.227. The fraction of sp³-hybridized carbons (Fsp3) is 0.227. The Labute approximate surface area is 165 Å². The number of para-hydroxylation sites is 1. The second-order valence-corrected chi connectivity index (χ2v) is 7.06. The Hall–Kier alpha value is -3.41. The van der Waals surface area contributed by atoms with Crippen molar-refractivity contribution in [3.8, 4) is 0 Å². The first-order valence-electron chi connectivity index (χ1n) is 9.21. The van der Waals surface area contributed by atoms with E-state index < -0.39 is 0 Å². The summed E-state index contributed by atoms with van der Waals surface area (Å²) in [5.41, 5.74) is 4.31. The van der Waals surface area contributed by atoms with Crippen molar-refractivity contribution in [1.82, 2.24) is 9.97 Å². The van der Waals surface area contributed by atoms with E-state index in [9.17, 15) is 4.79 Å². The van der Waals surface area contributed by atoms with Crippen LogP contribution in [0.4, 0.5) is 23.0 Å². The van der Waals surface area contributed by atoms with E-state index in [1.807, 2.05) is 67.5 Å². The number of nitrogens with one attached hydrogen (secondary N) is 2. The molecule has 0 saturated carbocycles. The van der Waals surface area contributed by atoms with Crippen LogP contribution in [0.15, 0.2) is 60.9 Å². The van der Waals surface area contributed by atoms with Crippen molar-refractivity contribution >= 4 is 28.9 Å². The highest BCUT2D eigenvalue weighted by Crippen LogP contribution is 2.24. The minimum atomic E-state index is -0.227. The number of anilines is 4. The Bertz CT molecular complexity index is 934. The number of carbonyl (C=O) groups excluding carboxylic acids is 1. The molecule has 0 aliphatic rings. The van der Waals surface area contributed by atoms with E-state index in [0.717, 1.165) is 22.6 Å². The van der Waals surface area contributed by atoms with Crippen molar-refractivity contribution in [3.63, 3.8) is 0 Å². The van der Waals surface area contributed by atoms with Crippen LogP contribution in [0.1, 0.15) is 35.7 Å². The highest BCUT2D eigenvalue weighted by atomic mass is 16.1. The molecule has 0 unspecified atom stereocenters. The van der Waals surface area contributed by atoms with Gasteiger partial charge in [-0.3, -0.25) is 4.79 Å². The first-order valence-corrected chi connectivity index (χ1v) is 9.21. The van der Waals surface area contributed by atoms with Crippen molar-refractivity contribution in [2.45, 2.75) is 19.8 Å². The average molecular weight is 375 g/mol. The van der Waals surface area contributed by atoms with Gasteiger partial charge in [0.05, 0.1) is 5.56 Å². The van der Waals surface area contributed by atoms with E-state index in [2.05, 4.69) is 34.4 Å². The van der Waals surface area contributed by atoms with E-state index in [4.69, 9.17) is 0 Å². The van der Waals surface area contributed by atoms with Crippen LogP contribution in [0.2, 0.25) is 0 Å². The van der Waals surface area contributed by atoms with Gasteiger partial charge in [-0.15, -0.1) is 0 Å². The summed E-state index contributed by atoms with van der Waals surface area (Å²) in [6.45, 7) is 4.19. The molecule has 1 aromatic heterocycles. The Kier molecular flexibility index (Phi) is 5.89. The lowest BCUT2D eigenvalue weighted by atomic mass is 10.0. The molecule has 2 aromatic carbocycles. The van der Waals surface area contributed by atoms with Gasteiger partial charge in [0.2, 0.25) is 5.95 Å². The molecule has 0 aliphatic heterocycles. The summed E-state index contributed by atoms with van der Waals surface area (Å²) < 4.78 is 0. The number of aromatic nitrogens is 2. The van der Waals surface area contributed by atoms with Gasteiger partial charge in [-0.2, -0.15) is 0 Å². The summed E-state index contributed by atoms with van der Waals surface area (Å²) in [6.07, 6.45) is 3.05. The molecule has 28 heavy (non-hydrogen) atoms. The van der Waals surface area contributed by atoms with Gasteiger partial charge < -0.3 is 15.5 Å². The first kappa shape index (κ1) is 19.4. The summed E-state index contributed by atoms with van der Waals surface area (Å²) in [6, 6.07) is 15.7. The maximum absolute atomic E-state index is 12.5. The van der Waals surface area contributed by atoms with Gasteiger partial charge in [-0.25, -0.2) is 9.97 Å². The number of rotatable bonds is 6. The normalized spacial score (nSPS) is 10.6. The predicted molar refractivity (Wildman–Crippen MR) is 115 cm³/mol. The highest BCUT2D eigenvalue weighted by Gasteiger charge is 2.12. The molecule has 1 amide bonds. The van der Waals surface area contributed by atoms with E-state index >= 15 is 0 Å². The molecule has 0 atom stereocenters. The summed E-state index contributed by atoms with van der Waals surface area (Å²) in [4.78, 5) is 23.1. The van der Waals surface area contributed by atoms with Crippen molar-refractivity contribution in [1.29, 1.82) is 0 Å². The zero-order valence-electron chi connectivity index (χ0n) is 16.6. The van der Waals surface area contributed by atoms with E-state index in [-0.39, 0.29) is 5.91 Å². The third-order valence-corrected chi connectivity index (χ3v) is 4.38. The predicted octanol–water partition coefficient (Wildman–Crippen LogP) is 4.66. The summed E-state index contributed by atoms with van der Waals surface area (Å²) in [5.74, 6) is 0.532. The Balaban J connectivity index is 1.68. The first-order chi connectivity index (χ1) is 13.4. The summed E-state index contributed by atoms with van der Waals surface area (Å²) in [5, 5.41) is 6.09. The summed E-state index contributed by atoms with van der Waals surface area (Å²) in [7, 11) is 3.99. The molecule has 1 heterocycles. The molecule has 0 bridgehead atoms. The lowest BCUT2D eigenvalue weighted by Gasteiger charge is -2.14. The fourth-order valence-corrected chi connectivity index (χ4v) is 2.79. The Morgan fingerprint density at radius 1 is 0.964 bits per heavy atom. The van der Waals surface area contributed by atoms with Crippen LogP contribution < -0.4 is 15.5 Å². The van der Waals surface area contributed by atoms with Crippen LogP contribution in [0.5, 0.6) is 0 Å². The van der Waals surface area contributed by atoms with Gasteiger partial charge in [-0.1, -0.05) is 32.0 Å². The molecule has 3 rings (SSSR count). The highest BCUT2D eigenvalue weighted by molar-refractivity contribution is 6.04. The molecule has 2 N–H and O–H groups in total. The van der Waals surface area contributed by atoms with Gasteiger partial charge in [0.15, 0.2) is 0 Å². The number of nitrogens with zero attached hydrogens (tertiary/aromatic N) is 3. The standard InChI is InChI=1S/C22H25N5O/c1-15(2)19-7-5-6-8-20(19)26-21(28)16-13-23-22(24-14-16)25-17-9-11-18(12-10-17)27(3)4/h5-15H,1-4H3,(H,26,28)(H,23,24,25). The largest absolute Gasteiger partial charge is 0.378 e. The van der Waals surface area contributed by atoms with Gasteiger partial charge in [-0.05, 0) is 41.8 Å². The van der Waals surface area contributed by atoms with Crippen LogP contribution in [-0.4, -0.2) is 30.0 Å². The molecule has 0 aliphatic carbocycles. The van der Waals surface area contributed by atoms with Crippen molar-refractivity contribution in [2.75, 3.05) is 29.6 Å². The van der Waals surface area contributed by atoms with Crippen LogP contribution >= 0.6 is 0 Å². The van der Waals surface area contributed by atoms with Gasteiger partial charge in [0.1, 0.15) is 0 Å². The molecular weight excluding hydrogens is 350 g/mol. The lowest BCUT2D eigenvalue weighted by Crippen LogP contribution is -2.14. The quantitative estimate of drug-likeness (QED) is 0.656. The molecule has 3 aromatic rings. The molecule has 0 spiro atoms. The average Bonchev–Trinajstić information content (AvgIpc) is 2.69. The zero-order valence-corrected chi connectivity index (χ0v) is 16.6. The number of carbonyl (C=O) groups is 1. The van der Waals surface area contributed by atoms with E-state index in [1.54, 1.807) is 0 Å². The molecule has 6 heteroatoms.